The summed E-state index contributed by atoms with van der Waals surface area (Å²) in [5.41, 5.74) is 18.6. The molecule has 8 rings (SSSR count). The lowest BCUT2D eigenvalue weighted by molar-refractivity contribution is -0.132. The van der Waals surface area contributed by atoms with E-state index >= 15 is 0 Å². The first-order valence-electron chi connectivity index (χ1n) is 40.6. The average molecular weight is 1640 g/mol. The third-order valence-corrected chi connectivity index (χ3v) is 19.9. The van der Waals surface area contributed by atoms with Gasteiger partial charge >= 0.3 is 23.9 Å². The molecule has 636 valence electrons. The third kappa shape index (κ3) is 30.0. The van der Waals surface area contributed by atoms with Crippen molar-refractivity contribution >= 4 is 59.5 Å². The van der Waals surface area contributed by atoms with Crippen LogP contribution in [0.1, 0.15) is 286 Å². The van der Waals surface area contributed by atoms with E-state index in [2.05, 4.69) is 152 Å². The van der Waals surface area contributed by atoms with Crippen molar-refractivity contribution in [3.8, 4) is 67.4 Å². The number of carboxylic acid groups (broad SMARTS) is 4. The summed E-state index contributed by atoms with van der Waals surface area (Å²) in [4.78, 5) is 44.6. The number of carboxylic acids is 4. The van der Waals surface area contributed by atoms with Crippen LogP contribution in [0.3, 0.4) is 0 Å². The summed E-state index contributed by atoms with van der Waals surface area (Å²) in [6, 6.07) is 24.6. The van der Waals surface area contributed by atoms with Gasteiger partial charge in [0.2, 0.25) is 0 Å². The molecule has 0 spiro atoms. The van der Waals surface area contributed by atoms with Crippen LogP contribution in [0, 0.1) is 0 Å². The van der Waals surface area contributed by atoms with Crippen molar-refractivity contribution in [2.75, 3.05) is 33.1 Å². The summed E-state index contributed by atoms with van der Waals surface area (Å²) in [5.74, 6) is 3.18. The smallest absolute Gasteiger partial charge is 0.328 e. The highest BCUT2D eigenvalue weighted by molar-refractivity contribution is 7.14. The molecular formula is C99H123F3O15S. The van der Waals surface area contributed by atoms with Crippen molar-refractivity contribution in [3.05, 3.63) is 235 Å². The van der Waals surface area contributed by atoms with Crippen molar-refractivity contribution < 1.29 is 85.0 Å². The van der Waals surface area contributed by atoms with Gasteiger partial charge in [-0.25, -0.2) is 28.0 Å². The van der Waals surface area contributed by atoms with Gasteiger partial charge in [-0.1, -0.05) is 197 Å². The van der Waals surface area contributed by atoms with E-state index in [4.69, 9.17) is 52.6 Å². The first-order chi connectivity index (χ1) is 55.8. The van der Waals surface area contributed by atoms with Gasteiger partial charge in [0.15, 0.2) is 0 Å². The molecule has 4 aromatic heterocycles. The lowest BCUT2D eigenvalue weighted by Crippen LogP contribution is -2.10. The molecule has 19 heteroatoms. The van der Waals surface area contributed by atoms with Crippen LogP contribution in [-0.4, -0.2) is 83.8 Å². The van der Waals surface area contributed by atoms with Crippen LogP contribution in [0.15, 0.2) is 181 Å². The van der Waals surface area contributed by atoms with Crippen LogP contribution in [-0.2, 0) is 19.2 Å². The molecule has 0 saturated carbocycles. The maximum absolute atomic E-state index is 12.9. The fourth-order valence-electron chi connectivity index (χ4n) is 12.4. The van der Waals surface area contributed by atoms with Crippen molar-refractivity contribution in [1.82, 2.24) is 0 Å². The number of hydrogen-bond acceptors (Lipinski definition) is 12. The number of rotatable bonds is 37. The molecule has 0 bridgehead atoms. The standard InChI is InChI=1S/C26H34O3S.C25H31FO4.C24H28F2O4.C24H30O4/c1-7-8-12-29-25-22(18(4)5)15-21(17(2)3)16-23(25)26-20(11-13-30-26)10-9-19(6)14-24(27)28;1-16(2)20-14-21(17(3)4)25(29-11-6-10-26)22(15-20)24-19(9-12-30-24)8-7-18(5)13-23(27)28;1-14(2)18-11-19(15(3)4)24(30-13-21(25)26)20(12-18)23-17(8-9-29-23)7-6-16(5)10-22(27)28;1-7-27-24-20(16(4)5)13-19(15(2)3)14-21(24)23-18(10-11-28-23)9-8-17(6)12-22(25)26/h9-11,13-18H,7-8,12H2,1-6H3,(H,27,28);7-9,12-17H,6,10-11H2,1-5H3,(H,27,28);6-12,14-15,21H,13H2,1-5H3,(H,27,28);8-16H,7H2,1-6H3,(H,25,26)/b10-9+,19-14+;8-7+,18-13+;7-6+,16-10+;9-8+,17-12+. The van der Waals surface area contributed by atoms with Crippen molar-refractivity contribution in [3.63, 3.8) is 0 Å². The molecule has 0 saturated heterocycles. The van der Waals surface area contributed by atoms with E-state index in [0.717, 1.165) is 103 Å². The van der Waals surface area contributed by atoms with E-state index in [1.165, 1.54) is 40.7 Å². The van der Waals surface area contributed by atoms with Crippen molar-refractivity contribution in [2.45, 2.75) is 225 Å². The number of allylic oxidation sites excluding steroid dienone is 8. The quantitative estimate of drug-likeness (QED) is 0.0161. The van der Waals surface area contributed by atoms with E-state index in [-0.39, 0.29) is 24.4 Å². The SMILES string of the molecule is CC(/C=C/c1ccoc1-c1cc(C(C)C)cc(C(C)C)c1OCC(F)F)=C\C(=O)O.CC(/C=C/c1ccoc1-c1cc(C(C)C)cc(C(C)C)c1OCCCF)=C\C(=O)O.CCCCOc1c(-c2sccc2/C=C/C(C)=C/C(=O)O)cc(C(C)C)cc1C(C)C.CCOc1c(-c2occc2/C=C/C(C)=C/C(=O)O)cc(C(C)C)cc1C(C)C. The van der Waals surface area contributed by atoms with E-state index < -0.39 is 43.6 Å². The number of unbranched alkanes of at least 4 members (excludes halogenated alkanes) is 1. The van der Waals surface area contributed by atoms with Gasteiger partial charge in [-0.15, -0.1) is 11.3 Å². The number of benzene rings is 4. The summed E-state index contributed by atoms with van der Waals surface area (Å²) in [5, 5.41) is 37.7. The number of aliphatic carboxylic acids is 4. The zero-order valence-corrected chi connectivity index (χ0v) is 73.7. The van der Waals surface area contributed by atoms with Crippen molar-refractivity contribution in [2.24, 2.45) is 0 Å². The number of carbonyl (C=O) groups is 4. The predicted molar refractivity (Wildman–Crippen MR) is 476 cm³/mol. The van der Waals surface area contributed by atoms with Crippen LogP contribution in [0.5, 0.6) is 23.0 Å². The molecule has 4 N–H and O–H groups in total. The fraction of sp³-hybridized carbons (Fsp3) is 0.394. The normalized spacial score (nSPS) is 12.4. The average Bonchev–Trinajstić information content (AvgIpc) is 1.40. The van der Waals surface area contributed by atoms with Gasteiger partial charge in [0, 0.05) is 57.9 Å². The molecule has 4 heterocycles. The largest absolute Gasteiger partial charge is 0.493 e. The minimum absolute atomic E-state index is 0.0600. The maximum Gasteiger partial charge on any atom is 0.328 e. The molecule has 8 aromatic rings. The van der Waals surface area contributed by atoms with Gasteiger partial charge in [0.1, 0.15) is 46.9 Å². The summed E-state index contributed by atoms with van der Waals surface area (Å²) < 4.78 is 79.9. The van der Waals surface area contributed by atoms with Crippen LogP contribution in [0.25, 0.3) is 68.7 Å². The van der Waals surface area contributed by atoms with Gasteiger partial charge in [0.25, 0.3) is 6.43 Å². The summed E-state index contributed by atoms with van der Waals surface area (Å²) in [6.45, 7) is 45.7. The zero-order valence-electron chi connectivity index (χ0n) is 72.8. The number of thiophene rings is 1. The molecule has 0 fully saturated rings. The van der Waals surface area contributed by atoms with E-state index in [1.807, 2.05) is 69.3 Å². The highest BCUT2D eigenvalue weighted by atomic mass is 32.1. The van der Waals surface area contributed by atoms with Crippen LogP contribution < -0.4 is 18.9 Å². The molecule has 0 aliphatic rings. The first-order valence-corrected chi connectivity index (χ1v) is 41.5. The van der Waals surface area contributed by atoms with E-state index in [9.17, 15) is 32.3 Å². The second kappa shape index (κ2) is 48.2. The van der Waals surface area contributed by atoms with Crippen LogP contribution in [0.2, 0.25) is 0 Å². The highest BCUT2D eigenvalue weighted by Gasteiger charge is 2.27. The lowest BCUT2D eigenvalue weighted by Gasteiger charge is -2.21. The summed E-state index contributed by atoms with van der Waals surface area (Å²) in [6.07, 6.45) is 23.7. The molecule has 4 aromatic carbocycles. The summed E-state index contributed by atoms with van der Waals surface area (Å²) in [7, 11) is 0. The van der Waals surface area contributed by atoms with Gasteiger partial charge in [0.05, 0.1) is 62.0 Å². The number of hydrogen-bond donors (Lipinski definition) is 4. The Morgan fingerprint density at radius 1 is 0.398 bits per heavy atom. The Kier molecular flexibility index (Phi) is 39.9. The zero-order chi connectivity index (χ0) is 87.8. The molecule has 0 aliphatic heterocycles. The molecule has 0 aliphatic carbocycles. The van der Waals surface area contributed by atoms with Crippen LogP contribution >= 0.6 is 11.3 Å². The number of furan rings is 3. The third-order valence-electron chi connectivity index (χ3n) is 18.9. The fourth-order valence-corrected chi connectivity index (χ4v) is 13.3. The van der Waals surface area contributed by atoms with Gasteiger partial charge in [-0.05, 0) is 215 Å². The Hall–Kier alpha value is -10.8. The predicted octanol–water partition coefficient (Wildman–Crippen LogP) is 28.4. The Labute approximate surface area is 701 Å². The van der Waals surface area contributed by atoms with Gasteiger partial charge < -0.3 is 52.6 Å². The van der Waals surface area contributed by atoms with Crippen LogP contribution in [0.4, 0.5) is 13.2 Å². The molecule has 15 nitrogen and oxygen atoms in total. The van der Waals surface area contributed by atoms with Crippen molar-refractivity contribution in [1.29, 1.82) is 0 Å². The lowest BCUT2D eigenvalue weighted by atomic mass is 9.90. The Morgan fingerprint density at radius 3 is 0.983 bits per heavy atom. The van der Waals surface area contributed by atoms with E-state index in [1.54, 1.807) is 81.9 Å². The second-order valence-electron chi connectivity index (χ2n) is 31.5. The molecule has 0 atom stereocenters. The number of ether oxygens (including phenoxy) is 4. The second-order valence-corrected chi connectivity index (χ2v) is 32.4. The Bertz CT molecular complexity index is 4720. The molecule has 0 radical (unpaired) electrons. The monoisotopic (exact) mass is 1640 g/mol. The number of alkyl halides is 3. The Morgan fingerprint density at radius 2 is 0.695 bits per heavy atom. The van der Waals surface area contributed by atoms with E-state index in [0.29, 0.717) is 106 Å². The first kappa shape index (κ1) is 97.8. The highest BCUT2D eigenvalue weighted by Crippen LogP contribution is 2.47. The van der Waals surface area contributed by atoms with Gasteiger partial charge in [-0.3, -0.25) is 4.39 Å². The summed E-state index contributed by atoms with van der Waals surface area (Å²) >= 11 is 1.70. The number of halogens is 3. The molecule has 0 amide bonds. The molecule has 118 heavy (non-hydrogen) atoms. The maximum atomic E-state index is 12.9. The Balaban J connectivity index is 0.000000280. The molecule has 0 unspecified atom stereocenters. The minimum atomic E-state index is -2.59. The molecular weight excluding hydrogens is 1520 g/mol. The van der Waals surface area contributed by atoms with Gasteiger partial charge in [-0.2, -0.15) is 0 Å². The minimum Gasteiger partial charge on any atom is -0.493 e. The topological polar surface area (TPSA) is 226 Å².